The van der Waals surface area contributed by atoms with Crippen molar-refractivity contribution in [1.29, 1.82) is 0 Å². The molecule has 2 rings (SSSR count). The molecule has 2 aromatic rings. The summed E-state index contributed by atoms with van der Waals surface area (Å²) >= 11 is 15.2. The van der Waals surface area contributed by atoms with Gasteiger partial charge in [-0.15, -0.1) is 0 Å². The quantitative estimate of drug-likeness (QED) is 0.897. The standard InChI is InChI=1S/C10H6BrCl2N3/c11-8-6(12)2-1-3-7(8)16-10-9(13)14-4-5-15-10/h1-5H,(H,15,16). The third kappa shape index (κ3) is 2.45. The van der Waals surface area contributed by atoms with Crippen molar-refractivity contribution in [3.8, 4) is 0 Å². The molecule has 1 N–H and O–H groups in total. The van der Waals surface area contributed by atoms with Crippen LogP contribution in [0.5, 0.6) is 0 Å². The Morgan fingerprint density at radius 3 is 2.62 bits per heavy atom. The van der Waals surface area contributed by atoms with Crippen LogP contribution < -0.4 is 5.32 Å². The summed E-state index contributed by atoms with van der Waals surface area (Å²) in [7, 11) is 0. The minimum absolute atomic E-state index is 0.314. The smallest absolute Gasteiger partial charge is 0.171 e. The van der Waals surface area contributed by atoms with Crippen molar-refractivity contribution in [2.45, 2.75) is 0 Å². The topological polar surface area (TPSA) is 37.8 Å². The number of nitrogens with one attached hydrogen (secondary N) is 1. The van der Waals surface area contributed by atoms with E-state index in [1.165, 1.54) is 6.20 Å². The number of nitrogens with zero attached hydrogens (tertiary/aromatic N) is 2. The van der Waals surface area contributed by atoms with E-state index in [4.69, 9.17) is 23.2 Å². The van der Waals surface area contributed by atoms with Crippen molar-refractivity contribution in [1.82, 2.24) is 9.97 Å². The van der Waals surface area contributed by atoms with Gasteiger partial charge < -0.3 is 5.32 Å². The van der Waals surface area contributed by atoms with Crippen molar-refractivity contribution in [2.24, 2.45) is 0 Å². The Bertz CT molecular complexity index is 519. The first-order chi connectivity index (χ1) is 7.68. The van der Waals surface area contributed by atoms with Crippen molar-refractivity contribution in [3.63, 3.8) is 0 Å². The van der Waals surface area contributed by atoms with Crippen molar-refractivity contribution >= 4 is 50.6 Å². The van der Waals surface area contributed by atoms with Gasteiger partial charge in [0, 0.05) is 12.4 Å². The summed E-state index contributed by atoms with van der Waals surface area (Å²) in [6.45, 7) is 0. The summed E-state index contributed by atoms with van der Waals surface area (Å²) in [5.74, 6) is 0.493. The normalized spacial score (nSPS) is 10.2. The predicted molar refractivity (Wildman–Crippen MR) is 69.5 cm³/mol. The van der Waals surface area contributed by atoms with E-state index in [-0.39, 0.29) is 0 Å². The average molecular weight is 319 g/mol. The average Bonchev–Trinajstić information content (AvgIpc) is 2.28. The number of aromatic nitrogens is 2. The van der Waals surface area contributed by atoms with Crippen LogP contribution in [-0.4, -0.2) is 9.97 Å². The molecule has 1 aromatic heterocycles. The number of rotatable bonds is 2. The number of halogens is 3. The van der Waals surface area contributed by atoms with Crippen LogP contribution in [0.1, 0.15) is 0 Å². The highest BCUT2D eigenvalue weighted by atomic mass is 79.9. The van der Waals surface area contributed by atoms with Crippen LogP contribution >= 0.6 is 39.1 Å². The highest BCUT2D eigenvalue weighted by molar-refractivity contribution is 9.10. The largest absolute Gasteiger partial charge is 0.337 e. The molecule has 0 aliphatic heterocycles. The van der Waals surface area contributed by atoms with Gasteiger partial charge in [-0.2, -0.15) is 0 Å². The van der Waals surface area contributed by atoms with Gasteiger partial charge in [-0.1, -0.05) is 29.3 Å². The Labute approximate surface area is 111 Å². The van der Waals surface area contributed by atoms with Gasteiger partial charge in [0.2, 0.25) is 0 Å². The molecule has 0 atom stereocenters. The third-order valence-electron chi connectivity index (χ3n) is 1.86. The zero-order valence-electron chi connectivity index (χ0n) is 7.92. The van der Waals surface area contributed by atoms with E-state index in [1.807, 2.05) is 12.1 Å². The van der Waals surface area contributed by atoms with Crippen LogP contribution in [0, 0.1) is 0 Å². The first-order valence-corrected chi connectivity index (χ1v) is 5.91. The van der Waals surface area contributed by atoms with Gasteiger partial charge >= 0.3 is 0 Å². The monoisotopic (exact) mass is 317 g/mol. The van der Waals surface area contributed by atoms with Gasteiger partial charge in [-0.25, -0.2) is 9.97 Å². The molecule has 0 saturated heterocycles. The fourth-order valence-electron chi connectivity index (χ4n) is 1.13. The molecule has 82 valence electrons. The molecule has 0 amide bonds. The number of hydrogen-bond acceptors (Lipinski definition) is 3. The van der Waals surface area contributed by atoms with Crippen LogP contribution in [0.4, 0.5) is 11.5 Å². The Hall–Kier alpha value is -0.840. The Morgan fingerprint density at radius 1 is 1.12 bits per heavy atom. The summed E-state index contributed by atoms with van der Waals surface area (Å²) in [5.41, 5.74) is 0.787. The molecule has 0 unspecified atom stereocenters. The minimum Gasteiger partial charge on any atom is -0.337 e. The molecule has 16 heavy (non-hydrogen) atoms. The zero-order valence-corrected chi connectivity index (χ0v) is 11.0. The van der Waals surface area contributed by atoms with E-state index in [1.54, 1.807) is 12.3 Å². The fraction of sp³-hybridized carbons (Fsp3) is 0. The highest BCUT2D eigenvalue weighted by Crippen LogP contribution is 2.32. The summed E-state index contributed by atoms with van der Waals surface area (Å²) < 4.78 is 0.762. The van der Waals surface area contributed by atoms with E-state index in [0.29, 0.717) is 16.0 Å². The summed E-state index contributed by atoms with van der Waals surface area (Å²) in [6, 6.07) is 5.48. The molecule has 6 heteroatoms. The molecule has 1 heterocycles. The Morgan fingerprint density at radius 2 is 1.88 bits per heavy atom. The van der Waals surface area contributed by atoms with Crippen LogP contribution in [0.2, 0.25) is 10.2 Å². The number of benzene rings is 1. The van der Waals surface area contributed by atoms with E-state index in [0.717, 1.165) is 10.2 Å². The Balaban J connectivity index is 2.35. The van der Waals surface area contributed by atoms with Gasteiger partial charge in [-0.05, 0) is 28.1 Å². The van der Waals surface area contributed by atoms with Crippen LogP contribution in [0.15, 0.2) is 35.1 Å². The lowest BCUT2D eigenvalue weighted by atomic mass is 10.3. The van der Waals surface area contributed by atoms with Gasteiger partial charge in [0.1, 0.15) is 0 Å². The number of anilines is 2. The van der Waals surface area contributed by atoms with Crippen LogP contribution in [0.25, 0.3) is 0 Å². The second-order valence-corrected chi connectivity index (χ2v) is 4.48. The lowest BCUT2D eigenvalue weighted by Crippen LogP contribution is -1.96. The van der Waals surface area contributed by atoms with E-state index in [2.05, 4.69) is 31.2 Å². The van der Waals surface area contributed by atoms with E-state index in [9.17, 15) is 0 Å². The molecule has 1 aromatic carbocycles. The summed E-state index contributed by atoms with van der Waals surface area (Å²) in [6.07, 6.45) is 3.09. The predicted octanol–water partition coefficient (Wildman–Crippen LogP) is 4.29. The fourth-order valence-corrected chi connectivity index (χ4v) is 1.82. The van der Waals surface area contributed by atoms with E-state index >= 15 is 0 Å². The molecule has 0 radical (unpaired) electrons. The SMILES string of the molecule is Clc1cccc(Nc2nccnc2Cl)c1Br. The lowest BCUT2D eigenvalue weighted by molar-refractivity contribution is 1.20. The third-order valence-corrected chi connectivity index (χ3v) is 3.53. The number of hydrogen-bond donors (Lipinski definition) is 1. The van der Waals surface area contributed by atoms with Crippen molar-refractivity contribution < 1.29 is 0 Å². The van der Waals surface area contributed by atoms with Crippen LogP contribution in [-0.2, 0) is 0 Å². The van der Waals surface area contributed by atoms with Gasteiger partial charge in [-0.3, -0.25) is 0 Å². The molecule has 0 saturated carbocycles. The van der Waals surface area contributed by atoms with Crippen molar-refractivity contribution in [3.05, 3.63) is 45.2 Å². The first kappa shape index (κ1) is 11.6. The molecule has 0 bridgehead atoms. The molecular formula is C10H6BrCl2N3. The van der Waals surface area contributed by atoms with Gasteiger partial charge in [0.05, 0.1) is 15.2 Å². The second kappa shape index (κ2) is 4.99. The summed E-state index contributed by atoms with van der Waals surface area (Å²) in [4.78, 5) is 7.99. The first-order valence-electron chi connectivity index (χ1n) is 4.36. The molecule has 0 spiro atoms. The second-order valence-electron chi connectivity index (χ2n) is 2.92. The lowest BCUT2D eigenvalue weighted by Gasteiger charge is -2.08. The molecule has 3 nitrogen and oxygen atoms in total. The highest BCUT2D eigenvalue weighted by Gasteiger charge is 2.07. The molecule has 0 fully saturated rings. The zero-order chi connectivity index (χ0) is 11.5. The maximum atomic E-state index is 5.96. The minimum atomic E-state index is 0.314. The Kier molecular flexibility index (Phi) is 3.63. The van der Waals surface area contributed by atoms with Crippen molar-refractivity contribution in [2.75, 3.05) is 5.32 Å². The summed E-state index contributed by atoms with van der Waals surface area (Å²) in [5, 5.41) is 3.97. The molecular weight excluding hydrogens is 313 g/mol. The molecule has 0 aliphatic rings. The van der Waals surface area contributed by atoms with Gasteiger partial charge in [0.25, 0.3) is 0 Å². The van der Waals surface area contributed by atoms with Gasteiger partial charge in [0.15, 0.2) is 11.0 Å². The molecule has 0 aliphatic carbocycles. The van der Waals surface area contributed by atoms with E-state index < -0.39 is 0 Å². The maximum Gasteiger partial charge on any atom is 0.171 e. The maximum absolute atomic E-state index is 5.96. The van der Waals surface area contributed by atoms with Crippen LogP contribution in [0.3, 0.4) is 0 Å².